The van der Waals surface area contributed by atoms with Crippen molar-refractivity contribution >= 4 is 5.82 Å². The van der Waals surface area contributed by atoms with Gasteiger partial charge >= 0.3 is 6.18 Å². The largest absolute Gasteiger partial charge is 0.507 e. The molecule has 0 amide bonds. The van der Waals surface area contributed by atoms with Crippen molar-refractivity contribution in [2.45, 2.75) is 49.5 Å². The number of aromatic hydroxyl groups is 1. The number of anilines is 1. The Hall–Kier alpha value is -3.47. The zero-order chi connectivity index (χ0) is 25.0. The first-order valence-corrected chi connectivity index (χ1v) is 11.3. The molecule has 2 aliphatic heterocycles. The van der Waals surface area contributed by atoms with Crippen LogP contribution in [0.25, 0.3) is 22.5 Å². The van der Waals surface area contributed by atoms with E-state index in [0.29, 0.717) is 35.3 Å². The van der Waals surface area contributed by atoms with Crippen LogP contribution in [-0.2, 0) is 7.05 Å². The molecular weight excluding hydrogens is 461 g/mol. The third-order valence-corrected chi connectivity index (χ3v) is 7.22. The molecule has 35 heavy (non-hydrogen) atoms. The van der Waals surface area contributed by atoms with Crippen molar-refractivity contribution in [1.29, 1.82) is 0 Å². The van der Waals surface area contributed by atoms with Crippen LogP contribution >= 0.6 is 0 Å². The molecule has 2 saturated heterocycles. The van der Waals surface area contributed by atoms with Crippen LogP contribution < -0.4 is 15.8 Å². The molecule has 0 spiro atoms. The molecule has 0 radical (unpaired) electrons. The summed E-state index contributed by atoms with van der Waals surface area (Å²) in [5.41, 5.74) is -0.339. The number of hydrogen-bond donors (Lipinski definition) is 2. The fourth-order valence-electron chi connectivity index (χ4n) is 5.11. The molecule has 2 aromatic heterocycles. The van der Waals surface area contributed by atoms with Crippen LogP contribution in [0.3, 0.4) is 0 Å². The van der Waals surface area contributed by atoms with Gasteiger partial charge < -0.3 is 19.9 Å². The number of alkyl halides is 3. The minimum atomic E-state index is -4.31. The van der Waals surface area contributed by atoms with Gasteiger partial charge in [0.1, 0.15) is 11.3 Å². The maximum absolute atomic E-state index is 13.8. The summed E-state index contributed by atoms with van der Waals surface area (Å²) < 4.78 is 42.7. The minimum Gasteiger partial charge on any atom is -0.507 e. The number of phenols is 1. The molecular formula is C24H25F3N6O2. The van der Waals surface area contributed by atoms with Crippen molar-refractivity contribution in [2.24, 2.45) is 7.05 Å². The molecule has 2 fully saturated rings. The van der Waals surface area contributed by atoms with Gasteiger partial charge in [-0.3, -0.25) is 4.79 Å². The molecule has 2 N–H and O–H groups in total. The predicted octanol–water partition coefficient (Wildman–Crippen LogP) is 3.26. The number of phenolic OH excluding ortho intramolecular Hbond substituents is 1. The van der Waals surface area contributed by atoms with E-state index in [1.165, 1.54) is 22.9 Å². The monoisotopic (exact) mass is 486 g/mol. The molecule has 1 aromatic carbocycles. The Kier molecular flexibility index (Phi) is 5.54. The van der Waals surface area contributed by atoms with Gasteiger partial charge in [0.05, 0.1) is 11.8 Å². The van der Waals surface area contributed by atoms with Crippen molar-refractivity contribution in [1.82, 2.24) is 25.1 Å². The fraction of sp³-hybridized carbons (Fsp3) is 0.417. The number of benzene rings is 1. The summed E-state index contributed by atoms with van der Waals surface area (Å²) in [6.07, 6.45) is -0.0947. The van der Waals surface area contributed by atoms with E-state index in [4.69, 9.17) is 0 Å². The van der Waals surface area contributed by atoms with E-state index in [0.717, 1.165) is 0 Å². The summed E-state index contributed by atoms with van der Waals surface area (Å²) in [6, 6.07) is 7.63. The maximum Gasteiger partial charge on any atom is 0.406 e. The summed E-state index contributed by atoms with van der Waals surface area (Å²) in [4.78, 5) is 17.9. The first-order valence-electron chi connectivity index (χ1n) is 11.3. The van der Waals surface area contributed by atoms with E-state index in [1.54, 1.807) is 43.4 Å². The first-order chi connectivity index (χ1) is 16.6. The van der Waals surface area contributed by atoms with Crippen molar-refractivity contribution in [3.63, 3.8) is 0 Å². The summed E-state index contributed by atoms with van der Waals surface area (Å²) >= 11 is 0. The number of piperidine rings is 1. The highest BCUT2D eigenvalue weighted by atomic mass is 19.4. The van der Waals surface area contributed by atoms with E-state index in [1.807, 2.05) is 0 Å². The van der Waals surface area contributed by atoms with Crippen LogP contribution in [0.15, 0.2) is 47.5 Å². The normalized spacial score (nSPS) is 23.9. The van der Waals surface area contributed by atoms with Crippen LogP contribution in [-0.4, -0.2) is 55.7 Å². The Morgan fingerprint density at radius 1 is 1.20 bits per heavy atom. The predicted molar refractivity (Wildman–Crippen MR) is 124 cm³/mol. The SMILES string of the molecule is CN(c1cnc(-c2ccc(-c3ccn(C)c(=O)c3)cc2O)nn1)[C@H]1C[C@H]2CC[C@](C(F)(F)F)(C1)N2. The second kappa shape index (κ2) is 8.33. The number of fused-ring (bicyclic) bond motifs is 2. The number of nitrogens with zero attached hydrogens (tertiary/aromatic N) is 5. The highest BCUT2D eigenvalue weighted by Gasteiger charge is 2.61. The lowest BCUT2D eigenvalue weighted by molar-refractivity contribution is -0.199. The Morgan fingerprint density at radius 2 is 1.97 bits per heavy atom. The van der Waals surface area contributed by atoms with Gasteiger partial charge in [-0.1, -0.05) is 6.07 Å². The smallest absolute Gasteiger partial charge is 0.406 e. The molecule has 5 rings (SSSR count). The molecule has 2 bridgehead atoms. The van der Waals surface area contributed by atoms with Crippen LogP contribution in [0.2, 0.25) is 0 Å². The molecule has 2 aliphatic rings. The molecule has 0 unspecified atom stereocenters. The van der Waals surface area contributed by atoms with E-state index < -0.39 is 11.7 Å². The summed E-state index contributed by atoms with van der Waals surface area (Å²) in [7, 11) is 3.36. The second-order valence-corrected chi connectivity index (χ2v) is 9.40. The van der Waals surface area contributed by atoms with Gasteiger partial charge in [0.15, 0.2) is 11.6 Å². The van der Waals surface area contributed by atoms with E-state index in [-0.39, 0.29) is 42.1 Å². The van der Waals surface area contributed by atoms with Crippen LogP contribution in [0, 0.1) is 0 Å². The van der Waals surface area contributed by atoms with Crippen LogP contribution in [0.1, 0.15) is 25.7 Å². The number of halogens is 3. The Labute approximate surface area is 199 Å². The Balaban J connectivity index is 1.35. The molecule has 3 atom stereocenters. The first kappa shape index (κ1) is 23.3. The van der Waals surface area contributed by atoms with Gasteiger partial charge in [0, 0.05) is 38.4 Å². The Bertz CT molecular complexity index is 1310. The van der Waals surface area contributed by atoms with Crippen molar-refractivity contribution in [3.8, 4) is 28.3 Å². The molecule has 3 aromatic rings. The van der Waals surface area contributed by atoms with Gasteiger partial charge in [-0.2, -0.15) is 13.2 Å². The van der Waals surface area contributed by atoms with Crippen molar-refractivity contribution < 1.29 is 18.3 Å². The highest BCUT2D eigenvalue weighted by molar-refractivity contribution is 5.72. The summed E-state index contributed by atoms with van der Waals surface area (Å²) in [5.74, 6) is 0.481. The molecule has 11 heteroatoms. The van der Waals surface area contributed by atoms with Gasteiger partial charge in [0.25, 0.3) is 5.56 Å². The third-order valence-electron chi connectivity index (χ3n) is 7.22. The minimum absolute atomic E-state index is 0.0578. The number of nitrogens with one attached hydrogen (secondary N) is 1. The number of aryl methyl sites for hydroxylation is 1. The Morgan fingerprint density at radius 3 is 2.63 bits per heavy atom. The average Bonchev–Trinajstić information content (AvgIpc) is 3.15. The van der Waals surface area contributed by atoms with Crippen molar-refractivity contribution in [3.05, 3.63) is 53.1 Å². The van der Waals surface area contributed by atoms with Gasteiger partial charge in [0.2, 0.25) is 0 Å². The van der Waals surface area contributed by atoms with Gasteiger partial charge in [-0.15, -0.1) is 10.2 Å². The quantitative estimate of drug-likeness (QED) is 0.584. The lowest BCUT2D eigenvalue weighted by Crippen LogP contribution is -2.62. The van der Waals surface area contributed by atoms with Gasteiger partial charge in [-0.05, 0) is 55.0 Å². The third kappa shape index (κ3) is 4.13. The number of pyridine rings is 1. The summed E-state index contributed by atoms with van der Waals surface area (Å²) in [6.45, 7) is 0. The number of hydrogen-bond acceptors (Lipinski definition) is 7. The van der Waals surface area contributed by atoms with Crippen LogP contribution in [0.4, 0.5) is 19.0 Å². The molecule has 0 saturated carbocycles. The lowest BCUT2D eigenvalue weighted by Gasteiger charge is -2.43. The van der Waals surface area contributed by atoms with Gasteiger partial charge in [-0.25, -0.2) is 4.98 Å². The standard InChI is InChI=1S/C24H25F3N6O2/c1-32-8-6-15(10-21(32)35)14-3-4-18(19(34)9-14)22-28-13-20(30-31-22)33(2)17-11-16-5-7-23(12-17,29-16)24(25,26)27/h3-4,6,8-10,13,16-17,29,34H,5,7,11-12H2,1-2H3/t16-,17+,23-/m1/s1. The molecule has 4 heterocycles. The highest BCUT2D eigenvalue weighted by Crippen LogP contribution is 2.47. The molecule has 0 aliphatic carbocycles. The molecule has 184 valence electrons. The number of aromatic nitrogens is 4. The zero-order valence-corrected chi connectivity index (χ0v) is 19.3. The van der Waals surface area contributed by atoms with E-state index >= 15 is 0 Å². The maximum atomic E-state index is 13.8. The average molecular weight is 486 g/mol. The molecule has 8 nitrogen and oxygen atoms in total. The number of rotatable bonds is 4. The summed E-state index contributed by atoms with van der Waals surface area (Å²) in [5, 5.41) is 21.7. The van der Waals surface area contributed by atoms with Crippen LogP contribution in [0.5, 0.6) is 5.75 Å². The topological polar surface area (TPSA) is 96.2 Å². The lowest BCUT2D eigenvalue weighted by atomic mass is 9.86. The fourth-order valence-corrected chi connectivity index (χ4v) is 5.11. The van der Waals surface area contributed by atoms with E-state index in [2.05, 4.69) is 20.5 Å². The zero-order valence-electron chi connectivity index (χ0n) is 19.3. The second-order valence-electron chi connectivity index (χ2n) is 9.40. The van der Waals surface area contributed by atoms with E-state index in [9.17, 15) is 23.1 Å². The van der Waals surface area contributed by atoms with Crippen molar-refractivity contribution in [2.75, 3.05) is 11.9 Å².